The van der Waals surface area contributed by atoms with Crippen molar-refractivity contribution in [3.05, 3.63) is 0 Å². The molecule has 4 heteroatoms. The van der Waals surface area contributed by atoms with E-state index in [1.165, 1.54) is 44.3 Å². The molecule has 1 N–H and O–H groups in total. The number of hydrogen-bond donors (Lipinski definition) is 1. The number of unbranched alkanes of at least 4 members (excludes halogenated alkanes) is 3. The van der Waals surface area contributed by atoms with E-state index in [0.29, 0.717) is 6.54 Å². The minimum Gasteiger partial charge on any atom is -0.342 e. The SMILES string of the molecule is CSCCCCCCNCC(=O)N1CCCC1. The molecule has 1 heterocycles. The summed E-state index contributed by atoms with van der Waals surface area (Å²) in [6.45, 7) is 3.45. The van der Waals surface area contributed by atoms with Gasteiger partial charge < -0.3 is 10.2 Å². The third-order valence-corrected chi connectivity index (χ3v) is 3.88. The molecule has 1 saturated heterocycles. The zero-order valence-electron chi connectivity index (χ0n) is 11.0. The van der Waals surface area contributed by atoms with Crippen LogP contribution in [-0.2, 0) is 4.79 Å². The molecule has 100 valence electrons. The number of carbonyl (C=O) groups is 1. The minimum absolute atomic E-state index is 0.282. The van der Waals surface area contributed by atoms with Gasteiger partial charge in [-0.3, -0.25) is 4.79 Å². The highest BCUT2D eigenvalue weighted by atomic mass is 32.2. The van der Waals surface area contributed by atoms with E-state index in [1.54, 1.807) is 0 Å². The lowest BCUT2D eigenvalue weighted by molar-refractivity contribution is -0.129. The average molecular weight is 258 g/mol. The van der Waals surface area contributed by atoms with Gasteiger partial charge in [0.15, 0.2) is 0 Å². The quantitative estimate of drug-likeness (QED) is 0.643. The number of thioether (sulfide) groups is 1. The second-order valence-corrected chi connectivity index (χ2v) is 5.66. The zero-order chi connectivity index (χ0) is 12.3. The van der Waals surface area contributed by atoms with Crippen LogP contribution in [0.4, 0.5) is 0 Å². The predicted molar refractivity (Wildman–Crippen MR) is 75.5 cm³/mol. The number of nitrogens with zero attached hydrogens (tertiary/aromatic N) is 1. The lowest BCUT2D eigenvalue weighted by Gasteiger charge is -2.15. The molecule has 0 aromatic carbocycles. The van der Waals surface area contributed by atoms with Gasteiger partial charge in [-0.05, 0) is 44.2 Å². The van der Waals surface area contributed by atoms with E-state index in [0.717, 1.165) is 19.6 Å². The molecule has 0 atom stereocenters. The van der Waals surface area contributed by atoms with Crippen LogP contribution in [0.5, 0.6) is 0 Å². The molecule has 1 amide bonds. The van der Waals surface area contributed by atoms with Crippen LogP contribution < -0.4 is 5.32 Å². The van der Waals surface area contributed by atoms with Gasteiger partial charge in [0, 0.05) is 13.1 Å². The van der Waals surface area contributed by atoms with Crippen LogP contribution >= 0.6 is 11.8 Å². The van der Waals surface area contributed by atoms with E-state index < -0.39 is 0 Å². The summed E-state index contributed by atoms with van der Waals surface area (Å²) in [5.74, 6) is 1.56. The number of carbonyl (C=O) groups excluding carboxylic acids is 1. The van der Waals surface area contributed by atoms with Gasteiger partial charge in [-0.25, -0.2) is 0 Å². The van der Waals surface area contributed by atoms with Gasteiger partial charge in [-0.2, -0.15) is 11.8 Å². The number of hydrogen-bond acceptors (Lipinski definition) is 3. The Labute approximate surface area is 110 Å². The van der Waals surface area contributed by atoms with Crippen LogP contribution in [-0.4, -0.2) is 49.0 Å². The van der Waals surface area contributed by atoms with Crippen molar-refractivity contribution in [3.63, 3.8) is 0 Å². The van der Waals surface area contributed by atoms with Gasteiger partial charge in [0.1, 0.15) is 0 Å². The van der Waals surface area contributed by atoms with Gasteiger partial charge in [-0.1, -0.05) is 12.8 Å². The Balaban J connectivity index is 1.85. The molecule has 1 aliphatic rings. The van der Waals surface area contributed by atoms with E-state index in [1.807, 2.05) is 16.7 Å². The molecule has 3 nitrogen and oxygen atoms in total. The third-order valence-electron chi connectivity index (χ3n) is 3.19. The van der Waals surface area contributed by atoms with Crippen LogP contribution in [0, 0.1) is 0 Å². The first-order chi connectivity index (χ1) is 8.34. The summed E-state index contributed by atoms with van der Waals surface area (Å²) in [5.41, 5.74) is 0. The van der Waals surface area contributed by atoms with Crippen molar-refractivity contribution in [1.29, 1.82) is 0 Å². The molecule has 17 heavy (non-hydrogen) atoms. The van der Waals surface area contributed by atoms with Crippen molar-refractivity contribution in [2.75, 3.05) is 38.2 Å². The fraction of sp³-hybridized carbons (Fsp3) is 0.923. The average Bonchev–Trinajstić information content (AvgIpc) is 2.86. The van der Waals surface area contributed by atoms with Crippen LogP contribution in [0.3, 0.4) is 0 Å². The van der Waals surface area contributed by atoms with Crippen molar-refractivity contribution in [2.45, 2.75) is 38.5 Å². The molecule has 1 rings (SSSR count). The molecule has 1 fully saturated rings. The summed E-state index contributed by atoms with van der Waals surface area (Å²) in [5, 5.41) is 3.26. The van der Waals surface area contributed by atoms with E-state index in [2.05, 4.69) is 11.6 Å². The monoisotopic (exact) mass is 258 g/mol. The van der Waals surface area contributed by atoms with E-state index in [-0.39, 0.29) is 5.91 Å². The number of likely N-dealkylation sites (tertiary alicyclic amines) is 1. The highest BCUT2D eigenvalue weighted by molar-refractivity contribution is 7.98. The molecular weight excluding hydrogens is 232 g/mol. The smallest absolute Gasteiger partial charge is 0.236 e. The fourth-order valence-corrected chi connectivity index (χ4v) is 2.62. The molecule has 1 aliphatic heterocycles. The zero-order valence-corrected chi connectivity index (χ0v) is 11.9. The van der Waals surface area contributed by atoms with Crippen molar-refractivity contribution < 1.29 is 4.79 Å². The number of rotatable bonds is 9. The van der Waals surface area contributed by atoms with Gasteiger partial charge in [-0.15, -0.1) is 0 Å². The van der Waals surface area contributed by atoms with Gasteiger partial charge >= 0.3 is 0 Å². The maximum absolute atomic E-state index is 11.7. The Morgan fingerprint density at radius 1 is 1.18 bits per heavy atom. The maximum Gasteiger partial charge on any atom is 0.236 e. The first kappa shape index (κ1) is 14.8. The Hall–Kier alpha value is -0.220. The second-order valence-electron chi connectivity index (χ2n) is 4.67. The molecule has 0 radical (unpaired) electrons. The van der Waals surface area contributed by atoms with Gasteiger partial charge in [0.05, 0.1) is 6.54 Å². The predicted octanol–water partition coefficient (Wildman–Crippen LogP) is 2.12. The molecule has 0 aromatic rings. The molecule has 0 aromatic heterocycles. The number of amides is 1. The Kier molecular flexibility index (Phi) is 8.53. The summed E-state index contributed by atoms with van der Waals surface area (Å²) in [4.78, 5) is 13.7. The van der Waals surface area contributed by atoms with Crippen LogP contribution in [0.25, 0.3) is 0 Å². The summed E-state index contributed by atoms with van der Waals surface area (Å²) < 4.78 is 0. The maximum atomic E-state index is 11.7. The van der Waals surface area contributed by atoms with E-state index in [4.69, 9.17) is 0 Å². The van der Waals surface area contributed by atoms with Crippen LogP contribution in [0.1, 0.15) is 38.5 Å². The second kappa shape index (κ2) is 9.77. The largest absolute Gasteiger partial charge is 0.342 e. The van der Waals surface area contributed by atoms with Crippen molar-refractivity contribution in [3.8, 4) is 0 Å². The van der Waals surface area contributed by atoms with E-state index in [9.17, 15) is 4.79 Å². The summed E-state index contributed by atoms with van der Waals surface area (Å²) in [7, 11) is 0. The van der Waals surface area contributed by atoms with Crippen molar-refractivity contribution >= 4 is 17.7 Å². The summed E-state index contributed by atoms with van der Waals surface area (Å²) in [6.07, 6.45) is 9.65. The van der Waals surface area contributed by atoms with Crippen LogP contribution in [0.15, 0.2) is 0 Å². The normalized spacial score (nSPS) is 15.5. The lowest BCUT2D eigenvalue weighted by atomic mass is 10.2. The van der Waals surface area contributed by atoms with Crippen molar-refractivity contribution in [1.82, 2.24) is 10.2 Å². The molecule has 0 saturated carbocycles. The Morgan fingerprint density at radius 2 is 1.88 bits per heavy atom. The molecule has 0 bridgehead atoms. The van der Waals surface area contributed by atoms with Gasteiger partial charge in [0.25, 0.3) is 0 Å². The minimum atomic E-state index is 0.282. The molecular formula is C13H26N2OS. The Bertz CT molecular complexity index is 206. The highest BCUT2D eigenvalue weighted by Crippen LogP contribution is 2.07. The summed E-state index contributed by atoms with van der Waals surface area (Å²) in [6, 6.07) is 0. The van der Waals surface area contributed by atoms with Gasteiger partial charge in [0.2, 0.25) is 5.91 Å². The number of nitrogens with one attached hydrogen (secondary N) is 1. The van der Waals surface area contributed by atoms with Crippen molar-refractivity contribution in [2.24, 2.45) is 0 Å². The lowest BCUT2D eigenvalue weighted by Crippen LogP contribution is -2.36. The highest BCUT2D eigenvalue weighted by Gasteiger charge is 2.16. The topological polar surface area (TPSA) is 32.3 Å². The van der Waals surface area contributed by atoms with E-state index >= 15 is 0 Å². The molecule has 0 unspecified atom stereocenters. The standard InChI is InChI=1S/C13H26N2OS/c1-17-11-7-3-2-4-8-14-12-13(16)15-9-5-6-10-15/h14H,2-12H2,1H3. The molecule has 0 aliphatic carbocycles. The Morgan fingerprint density at radius 3 is 2.59 bits per heavy atom. The van der Waals surface area contributed by atoms with Crippen LogP contribution in [0.2, 0.25) is 0 Å². The third kappa shape index (κ3) is 6.94. The first-order valence-electron chi connectivity index (χ1n) is 6.82. The summed E-state index contributed by atoms with van der Waals surface area (Å²) >= 11 is 1.92. The first-order valence-corrected chi connectivity index (χ1v) is 8.21. The molecule has 0 spiro atoms. The fourth-order valence-electron chi connectivity index (χ4n) is 2.12.